The molecular weight excluding hydrogens is 312 g/mol. The highest BCUT2D eigenvalue weighted by molar-refractivity contribution is 8.26. The molecule has 1 aliphatic rings. The van der Waals surface area contributed by atoms with Crippen LogP contribution in [0.2, 0.25) is 0 Å². The Balaban J connectivity index is 2.08. The summed E-state index contributed by atoms with van der Waals surface area (Å²) < 4.78 is 2.63. The number of fused-ring (bicyclic) bond motifs is 1. The topological polar surface area (TPSA) is 25.2 Å². The summed E-state index contributed by atoms with van der Waals surface area (Å²) in [6.45, 7) is 3.03. The van der Waals surface area contributed by atoms with Crippen LogP contribution in [0, 0.1) is 12.3 Å². The molecule has 2 aromatic rings. The lowest BCUT2D eigenvalue weighted by Crippen LogP contribution is -2.27. The number of carbonyl (C=O) groups excluding carboxylic acids is 1. The number of nitrogens with zero attached hydrogens (tertiary/aromatic N) is 2. The lowest BCUT2D eigenvalue weighted by atomic mass is 10.1. The lowest BCUT2D eigenvalue weighted by molar-refractivity contribution is -0.121. The van der Waals surface area contributed by atoms with Gasteiger partial charge in [0.05, 0.1) is 11.4 Å². The molecule has 110 valence electrons. The van der Waals surface area contributed by atoms with Gasteiger partial charge in [-0.2, -0.15) is 0 Å². The van der Waals surface area contributed by atoms with Gasteiger partial charge in [0.25, 0.3) is 5.91 Å². The van der Waals surface area contributed by atoms with Gasteiger partial charge in [-0.1, -0.05) is 48.1 Å². The second-order valence-electron chi connectivity index (χ2n) is 4.86. The molecule has 5 heteroatoms. The zero-order valence-corrected chi connectivity index (χ0v) is 13.7. The highest BCUT2D eigenvalue weighted by Gasteiger charge is 2.30. The third kappa shape index (κ3) is 2.45. The standard InChI is InChI=1S/C17H14N2OS2/c1-3-9-18-11-12(13-7-5-6-8-14(13)18)10-15-16(20)19(4-2)17(21)22-15/h1,5-8,10-11H,4,9H2,2H3. The minimum absolute atomic E-state index is 0.0220. The van der Waals surface area contributed by atoms with Crippen molar-refractivity contribution in [3.8, 4) is 12.3 Å². The fourth-order valence-electron chi connectivity index (χ4n) is 2.53. The van der Waals surface area contributed by atoms with Gasteiger partial charge in [0.1, 0.15) is 4.32 Å². The molecule has 1 fully saturated rings. The smallest absolute Gasteiger partial charge is 0.266 e. The van der Waals surface area contributed by atoms with Crippen LogP contribution in [-0.4, -0.2) is 26.2 Å². The number of thiocarbonyl (C=S) groups is 1. The summed E-state index contributed by atoms with van der Waals surface area (Å²) in [6.07, 6.45) is 9.33. The molecule has 0 aliphatic carbocycles. The van der Waals surface area contributed by atoms with Gasteiger partial charge >= 0.3 is 0 Å². The number of carbonyl (C=O) groups is 1. The molecule has 1 aromatic carbocycles. The predicted molar refractivity (Wildman–Crippen MR) is 96.3 cm³/mol. The van der Waals surface area contributed by atoms with E-state index >= 15 is 0 Å². The van der Waals surface area contributed by atoms with Crippen LogP contribution in [0.25, 0.3) is 17.0 Å². The number of rotatable bonds is 3. The summed E-state index contributed by atoms with van der Waals surface area (Å²) in [5.74, 6) is 2.63. The fraction of sp³-hybridized carbons (Fsp3) is 0.176. The first-order valence-electron chi connectivity index (χ1n) is 6.92. The number of hydrogen-bond donors (Lipinski definition) is 0. The van der Waals surface area contributed by atoms with Crippen LogP contribution in [0.5, 0.6) is 0 Å². The second kappa shape index (κ2) is 5.99. The molecule has 0 bridgehead atoms. The van der Waals surface area contributed by atoms with Gasteiger partial charge in [-0.05, 0) is 19.1 Å². The molecule has 1 aliphatic heterocycles. The summed E-state index contributed by atoms with van der Waals surface area (Å²) >= 11 is 6.60. The van der Waals surface area contributed by atoms with Crippen molar-refractivity contribution < 1.29 is 4.79 Å². The van der Waals surface area contributed by atoms with Gasteiger partial charge in [-0.15, -0.1) is 6.42 Å². The summed E-state index contributed by atoms with van der Waals surface area (Å²) in [5, 5.41) is 1.08. The molecular formula is C17H14N2OS2. The molecule has 2 heterocycles. The van der Waals surface area contributed by atoms with Crippen LogP contribution in [0.4, 0.5) is 0 Å². The monoisotopic (exact) mass is 326 g/mol. The third-order valence-corrected chi connectivity index (χ3v) is 4.94. The van der Waals surface area contributed by atoms with Crippen molar-refractivity contribution in [1.29, 1.82) is 0 Å². The van der Waals surface area contributed by atoms with E-state index < -0.39 is 0 Å². The Hall–Kier alpha value is -2.03. The number of para-hydroxylation sites is 1. The Morgan fingerprint density at radius 3 is 2.86 bits per heavy atom. The highest BCUT2D eigenvalue weighted by atomic mass is 32.2. The number of aromatic nitrogens is 1. The molecule has 1 aromatic heterocycles. The number of terminal acetylenes is 1. The summed E-state index contributed by atoms with van der Waals surface area (Å²) in [5.41, 5.74) is 2.06. The molecule has 0 N–H and O–H groups in total. The summed E-state index contributed by atoms with van der Waals surface area (Å²) in [7, 11) is 0. The normalized spacial score (nSPS) is 16.7. The summed E-state index contributed by atoms with van der Waals surface area (Å²) in [4.78, 5) is 14.6. The van der Waals surface area contributed by atoms with Crippen molar-refractivity contribution in [2.75, 3.05) is 6.54 Å². The molecule has 22 heavy (non-hydrogen) atoms. The van der Waals surface area contributed by atoms with Crippen molar-refractivity contribution in [2.45, 2.75) is 13.5 Å². The first kappa shape index (κ1) is 14.9. The van der Waals surface area contributed by atoms with Crippen molar-refractivity contribution in [2.24, 2.45) is 0 Å². The number of thioether (sulfide) groups is 1. The van der Waals surface area contributed by atoms with Crippen LogP contribution < -0.4 is 0 Å². The number of hydrogen-bond acceptors (Lipinski definition) is 3. The number of likely N-dealkylation sites (N-methyl/N-ethyl adjacent to an activating group) is 1. The molecule has 0 radical (unpaired) electrons. The van der Waals surface area contributed by atoms with Gasteiger partial charge in [0, 0.05) is 29.2 Å². The SMILES string of the molecule is C#CCn1cc(C=C2SC(=S)N(CC)C2=O)c2ccccc21. The van der Waals surface area contributed by atoms with Crippen LogP contribution in [0.1, 0.15) is 12.5 Å². The Morgan fingerprint density at radius 2 is 2.18 bits per heavy atom. The van der Waals surface area contributed by atoms with E-state index in [0.29, 0.717) is 22.3 Å². The van der Waals surface area contributed by atoms with E-state index in [2.05, 4.69) is 5.92 Å². The van der Waals surface area contributed by atoms with E-state index in [1.54, 1.807) is 4.90 Å². The van der Waals surface area contributed by atoms with Gasteiger partial charge < -0.3 is 4.57 Å². The molecule has 0 unspecified atom stereocenters. The first-order valence-corrected chi connectivity index (χ1v) is 8.15. The summed E-state index contributed by atoms with van der Waals surface area (Å²) in [6, 6.07) is 8.03. The van der Waals surface area contributed by atoms with E-state index in [0.717, 1.165) is 16.5 Å². The minimum Gasteiger partial charge on any atom is -0.335 e. The van der Waals surface area contributed by atoms with Crippen molar-refractivity contribution in [1.82, 2.24) is 9.47 Å². The first-order chi connectivity index (χ1) is 10.7. The lowest BCUT2D eigenvalue weighted by Gasteiger charge is -2.09. The Bertz CT molecular complexity index is 842. The highest BCUT2D eigenvalue weighted by Crippen LogP contribution is 2.34. The maximum Gasteiger partial charge on any atom is 0.266 e. The zero-order valence-electron chi connectivity index (χ0n) is 12.1. The van der Waals surface area contributed by atoms with Crippen molar-refractivity contribution in [3.05, 3.63) is 40.9 Å². The molecule has 3 nitrogen and oxygen atoms in total. The van der Waals surface area contributed by atoms with Crippen LogP contribution in [0.3, 0.4) is 0 Å². The predicted octanol–water partition coefficient (Wildman–Crippen LogP) is 3.50. The molecule has 0 atom stereocenters. The fourth-order valence-corrected chi connectivity index (χ4v) is 3.91. The van der Waals surface area contributed by atoms with E-state index in [9.17, 15) is 4.79 Å². The van der Waals surface area contributed by atoms with Gasteiger partial charge in [0.2, 0.25) is 0 Å². The molecule has 0 saturated carbocycles. The molecule has 1 amide bonds. The maximum absolute atomic E-state index is 12.3. The third-order valence-electron chi connectivity index (χ3n) is 3.56. The van der Waals surface area contributed by atoms with Gasteiger partial charge in [-0.3, -0.25) is 9.69 Å². The molecule has 1 saturated heterocycles. The van der Waals surface area contributed by atoms with E-state index in [1.165, 1.54) is 11.8 Å². The molecule has 0 spiro atoms. The van der Waals surface area contributed by atoms with Crippen molar-refractivity contribution >= 4 is 51.2 Å². The van der Waals surface area contributed by atoms with Gasteiger partial charge in [-0.25, -0.2) is 0 Å². The van der Waals surface area contributed by atoms with Crippen molar-refractivity contribution in [3.63, 3.8) is 0 Å². The van der Waals surface area contributed by atoms with Gasteiger partial charge in [0.15, 0.2) is 0 Å². The number of amides is 1. The largest absolute Gasteiger partial charge is 0.335 e. The van der Waals surface area contributed by atoms with E-state index in [4.69, 9.17) is 18.6 Å². The van der Waals surface area contributed by atoms with Crippen LogP contribution in [0.15, 0.2) is 35.4 Å². The van der Waals surface area contributed by atoms with E-state index in [-0.39, 0.29) is 5.91 Å². The number of benzene rings is 1. The Labute approximate surface area is 139 Å². The average molecular weight is 326 g/mol. The minimum atomic E-state index is -0.0220. The quantitative estimate of drug-likeness (QED) is 0.490. The average Bonchev–Trinajstić information content (AvgIpc) is 2.99. The zero-order chi connectivity index (χ0) is 15.7. The molecule has 3 rings (SSSR count). The van der Waals surface area contributed by atoms with E-state index in [1.807, 2.05) is 48.0 Å². The Kier molecular flexibility index (Phi) is 4.06. The van der Waals surface area contributed by atoms with Crippen LogP contribution in [-0.2, 0) is 11.3 Å². The van der Waals surface area contributed by atoms with Crippen LogP contribution >= 0.6 is 24.0 Å². The second-order valence-corrected chi connectivity index (χ2v) is 6.54. The Morgan fingerprint density at radius 1 is 1.41 bits per heavy atom. The maximum atomic E-state index is 12.3.